The van der Waals surface area contributed by atoms with E-state index >= 15 is 0 Å². The van der Waals surface area contributed by atoms with Crippen LogP contribution in [-0.4, -0.2) is 21.0 Å². The molecule has 0 saturated carbocycles. The Labute approximate surface area is 123 Å². The van der Waals surface area contributed by atoms with E-state index < -0.39 is 11.8 Å². The van der Waals surface area contributed by atoms with E-state index in [1.54, 1.807) is 0 Å². The van der Waals surface area contributed by atoms with Gasteiger partial charge in [0.2, 0.25) is 0 Å². The van der Waals surface area contributed by atoms with Crippen LogP contribution in [0.3, 0.4) is 0 Å². The Bertz CT molecular complexity index is 671. The van der Waals surface area contributed by atoms with Crippen molar-refractivity contribution in [1.82, 2.24) is 9.97 Å². The number of carboxylic acids is 1. The fourth-order valence-corrected chi connectivity index (χ4v) is 2.79. The van der Waals surface area contributed by atoms with Crippen LogP contribution < -0.4 is 0 Å². The second-order valence-electron chi connectivity index (χ2n) is 6.91. The minimum Gasteiger partial charge on any atom is -0.478 e. The molecule has 0 spiro atoms. The number of hydrogen-bond acceptors (Lipinski definition) is 2. The third-order valence-electron chi connectivity index (χ3n) is 3.35. The Hall–Kier alpha value is -1.91. The first-order chi connectivity index (χ1) is 9.65. The number of rotatable bonds is 4. The van der Waals surface area contributed by atoms with Crippen molar-refractivity contribution < 1.29 is 14.3 Å². The lowest BCUT2D eigenvalue weighted by molar-refractivity contribution is 0.0692. The van der Waals surface area contributed by atoms with Gasteiger partial charge in [-0.1, -0.05) is 27.7 Å². The lowest BCUT2D eigenvalue weighted by atomic mass is 9.84. The number of benzene rings is 1. The van der Waals surface area contributed by atoms with Crippen LogP contribution in [0.5, 0.6) is 0 Å². The van der Waals surface area contributed by atoms with Gasteiger partial charge in [-0.15, -0.1) is 0 Å². The van der Waals surface area contributed by atoms with E-state index in [9.17, 15) is 9.18 Å². The summed E-state index contributed by atoms with van der Waals surface area (Å²) in [6, 6.07) is 2.48. The molecule has 1 aromatic carbocycles. The topological polar surface area (TPSA) is 66.0 Å². The largest absolute Gasteiger partial charge is 0.478 e. The van der Waals surface area contributed by atoms with Gasteiger partial charge in [-0.05, 0) is 23.8 Å². The van der Waals surface area contributed by atoms with Crippen molar-refractivity contribution in [3.63, 3.8) is 0 Å². The Morgan fingerprint density at radius 3 is 2.67 bits per heavy atom. The third-order valence-corrected chi connectivity index (χ3v) is 3.35. The van der Waals surface area contributed by atoms with Crippen LogP contribution >= 0.6 is 0 Å². The summed E-state index contributed by atoms with van der Waals surface area (Å²) in [5.41, 5.74) is 0.930. The van der Waals surface area contributed by atoms with Crippen molar-refractivity contribution in [3.8, 4) is 0 Å². The molecule has 0 bridgehead atoms. The fraction of sp³-hybridized carbons (Fsp3) is 0.500. The Morgan fingerprint density at radius 2 is 2.10 bits per heavy atom. The molecule has 21 heavy (non-hydrogen) atoms. The number of halogens is 1. The summed E-state index contributed by atoms with van der Waals surface area (Å²) >= 11 is 0. The zero-order valence-corrected chi connectivity index (χ0v) is 12.8. The van der Waals surface area contributed by atoms with Gasteiger partial charge in [0.15, 0.2) is 0 Å². The third kappa shape index (κ3) is 3.80. The average Bonchev–Trinajstić information content (AvgIpc) is 2.65. The van der Waals surface area contributed by atoms with E-state index in [0.29, 0.717) is 17.0 Å². The molecule has 2 N–H and O–H groups in total. The molecule has 2 rings (SSSR count). The molecular weight excluding hydrogens is 271 g/mol. The van der Waals surface area contributed by atoms with Crippen LogP contribution in [0, 0.1) is 17.2 Å². The first kappa shape index (κ1) is 15.5. The molecule has 4 nitrogen and oxygen atoms in total. The van der Waals surface area contributed by atoms with Crippen molar-refractivity contribution >= 4 is 17.0 Å². The number of H-pyrrole nitrogens is 1. The monoisotopic (exact) mass is 292 g/mol. The second-order valence-corrected chi connectivity index (χ2v) is 6.91. The van der Waals surface area contributed by atoms with Crippen molar-refractivity contribution in [2.24, 2.45) is 11.3 Å². The van der Waals surface area contributed by atoms with E-state index in [1.165, 1.54) is 12.1 Å². The Balaban J connectivity index is 2.25. The average molecular weight is 292 g/mol. The van der Waals surface area contributed by atoms with Crippen molar-refractivity contribution in [2.45, 2.75) is 40.5 Å². The summed E-state index contributed by atoms with van der Waals surface area (Å²) in [6.07, 6.45) is 1.81. The highest BCUT2D eigenvalue weighted by Crippen LogP contribution is 2.26. The number of imidazole rings is 1. The number of carboxylic acid groups (broad SMARTS) is 1. The summed E-state index contributed by atoms with van der Waals surface area (Å²) in [7, 11) is 0. The highest BCUT2D eigenvalue weighted by molar-refractivity contribution is 5.92. The van der Waals surface area contributed by atoms with Gasteiger partial charge < -0.3 is 10.1 Å². The molecule has 1 heterocycles. The predicted molar refractivity (Wildman–Crippen MR) is 80.0 cm³/mol. The number of carbonyl (C=O) groups is 1. The van der Waals surface area contributed by atoms with E-state index in [4.69, 9.17) is 5.11 Å². The van der Waals surface area contributed by atoms with Gasteiger partial charge in [-0.25, -0.2) is 14.2 Å². The zero-order valence-electron chi connectivity index (χ0n) is 12.8. The molecule has 1 unspecified atom stereocenters. The molecule has 0 radical (unpaired) electrons. The highest BCUT2D eigenvalue weighted by atomic mass is 19.1. The standard InChI is InChI=1S/C16H21FN2O2/c1-9(8-16(2,3)4)5-14-18-12-6-10(15(20)21)11(17)7-13(12)19-14/h6-7,9H,5,8H2,1-4H3,(H,18,19)(H,20,21). The molecule has 0 aliphatic rings. The first-order valence-electron chi connectivity index (χ1n) is 7.07. The minimum atomic E-state index is -1.28. The van der Waals surface area contributed by atoms with E-state index in [-0.39, 0.29) is 11.0 Å². The summed E-state index contributed by atoms with van der Waals surface area (Å²) in [6.45, 7) is 8.73. The quantitative estimate of drug-likeness (QED) is 0.894. The van der Waals surface area contributed by atoms with Crippen LogP contribution in [0.1, 0.15) is 50.3 Å². The van der Waals surface area contributed by atoms with Gasteiger partial charge in [-0.2, -0.15) is 0 Å². The number of aromatic carboxylic acids is 1. The van der Waals surface area contributed by atoms with Gasteiger partial charge in [0.1, 0.15) is 11.6 Å². The molecule has 0 aliphatic heterocycles. The van der Waals surface area contributed by atoms with Crippen LogP contribution in [-0.2, 0) is 6.42 Å². The molecular formula is C16H21FN2O2. The Kier molecular flexibility index (Phi) is 4.03. The molecule has 2 aromatic rings. The van der Waals surface area contributed by atoms with Crippen LogP contribution in [0.4, 0.5) is 4.39 Å². The lowest BCUT2D eigenvalue weighted by Crippen LogP contribution is -2.13. The number of aromatic amines is 1. The molecule has 5 heteroatoms. The maximum atomic E-state index is 13.6. The molecule has 1 atom stereocenters. The zero-order chi connectivity index (χ0) is 15.8. The van der Waals surface area contributed by atoms with E-state index in [1.807, 2.05) is 0 Å². The summed E-state index contributed by atoms with van der Waals surface area (Å²) in [4.78, 5) is 18.4. The highest BCUT2D eigenvalue weighted by Gasteiger charge is 2.18. The SMILES string of the molecule is CC(Cc1nc2cc(C(=O)O)c(F)cc2[nH]1)CC(C)(C)C. The van der Waals surface area contributed by atoms with Crippen molar-refractivity contribution in [2.75, 3.05) is 0 Å². The summed E-state index contributed by atoms with van der Waals surface area (Å²) < 4.78 is 13.6. The fourth-order valence-electron chi connectivity index (χ4n) is 2.79. The van der Waals surface area contributed by atoms with Gasteiger partial charge in [0, 0.05) is 12.5 Å². The van der Waals surface area contributed by atoms with E-state index in [2.05, 4.69) is 37.7 Å². The second kappa shape index (κ2) is 5.47. The van der Waals surface area contributed by atoms with Crippen LogP contribution in [0.15, 0.2) is 12.1 Å². The van der Waals surface area contributed by atoms with Crippen LogP contribution in [0.25, 0.3) is 11.0 Å². The number of fused-ring (bicyclic) bond motifs is 1. The molecule has 0 amide bonds. The summed E-state index contributed by atoms with van der Waals surface area (Å²) in [5.74, 6) is -0.814. The molecule has 0 saturated heterocycles. The molecule has 0 fully saturated rings. The van der Waals surface area contributed by atoms with Crippen molar-refractivity contribution in [1.29, 1.82) is 0 Å². The van der Waals surface area contributed by atoms with Gasteiger partial charge >= 0.3 is 5.97 Å². The number of nitrogens with zero attached hydrogens (tertiary/aromatic N) is 1. The summed E-state index contributed by atoms with van der Waals surface area (Å²) in [5, 5.41) is 8.93. The Morgan fingerprint density at radius 1 is 1.43 bits per heavy atom. The smallest absolute Gasteiger partial charge is 0.338 e. The number of hydrogen-bond donors (Lipinski definition) is 2. The van der Waals surface area contributed by atoms with E-state index in [0.717, 1.165) is 18.7 Å². The van der Waals surface area contributed by atoms with Gasteiger partial charge in [0.25, 0.3) is 0 Å². The maximum Gasteiger partial charge on any atom is 0.338 e. The maximum absolute atomic E-state index is 13.6. The van der Waals surface area contributed by atoms with Gasteiger partial charge in [-0.3, -0.25) is 0 Å². The van der Waals surface area contributed by atoms with Crippen LogP contribution in [0.2, 0.25) is 0 Å². The first-order valence-corrected chi connectivity index (χ1v) is 7.07. The molecule has 114 valence electrons. The minimum absolute atomic E-state index is 0.244. The van der Waals surface area contributed by atoms with Gasteiger partial charge in [0.05, 0.1) is 16.6 Å². The molecule has 0 aliphatic carbocycles. The number of aromatic nitrogens is 2. The van der Waals surface area contributed by atoms with Crippen molar-refractivity contribution in [3.05, 3.63) is 29.3 Å². The number of nitrogens with one attached hydrogen (secondary N) is 1. The normalized spacial score (nSPS) is 13.6. The lowest BCUT2D eigenvalue weighted by Gasteiger charge is -2.22. The molecule has 1 aromatic heterocycles. The predicted octanol–water partition coefficient (Wildman–Crippen LogP) is 4.02.